The Morgan fingerprint density at radius 2 is 1.65 bits per heavy atom. The van der Waals surface area contributed by atoms with E-state index < -0.39 is 5.60 Å². The van der Waals surface area contributed by atoms with Gasteiger partial charge in [-0.1, -0.05) is 31.2 Å². The second-order valence-corrected chi connectivity index (χ2v) is 10.0. The van der Waals surface area contributed by atoms with Crippen LogP contribution in [0.4, 0.5) is 11.6 Å². The molecule has 0 saturated heterocycles. The van der Waals surface area contributed by atoms with Gasteiger partial charge in [-0.25, -0.2) is 9.97 Å². The quantitative estimate of drug-likeness (QED) is 0.331. The molecule has 0 amide bonds. The van der Waals surface area contributed by atoms with Crippen LogP contribution in [-0.4, -0.2) is 59.2 Å². The molecule has 8 heteroatoms. The Morgan fingerprint density at radius 3 is 2.24 bits per heavy atom. The average Bonchev–Trinajstić information content (AvgIpc) is 2.88. The molecule has 37 heavy (non-hydrogen) atoms. The molecular formula is C29H39N5O3. The molecule has 198 valence electrons. The molecule has 0 aliphatic rings. The van der Waals surface area contributed by atoms with Crippen LogP contribution in [0.25, 0.3) is 11.1 Å². The summed E-state index contributed by atoms with van der Waals surface area (Å²) in [5, 5.41) is 6.43. The van der Waals surface area contributed by atoms with E-state index >= 15 is 0 Å². The third-order valence-electron chi connectivity index (χ3n) is 5.70. The maximum absolute atomic E-state index is 12.1. The smallest absolute Gasteiger partial charge is 0.323 e. The molecule has 1 aromatic heterocycles. The van der Waals surface area contributed by atoms with Gasteiger partial charge in [-0.05, 0) is 76.7 Å². The van der Waals surface area contributed by atoms with Crippen molar-refractivity contribution >= 4 is 17.6 Å². The van der Waals surface area contributed by atoms with E-state index in [0.29, 0.717) is 19.1 Å². The summed E-state index contributed by atoms with van der Waals surface area (Å²) in [6, 6.07) is 15.5. The zero-order valence-electron chi connectivity index (χ0n) is 22.7. The highest BCUT2D eigenvalue weighted by Gasteiger charge is 2.21. The van der Waals surface area contributed by atoms with Crippen LogP contribution in [-0.2, 0) is 16.1 Å². The van der Waals surface area contributed by atoms with Crippen LogP contribution >= 0.6 is 0 Å². The van der Waals surface area contributed by atoms with E-state index in [0.717, 1.165) is 41.2 Å². The maximum Gasteiger partial charge on any atom is 0.323 e. The van der Waals surface area contributed by atoms with Gasteiger partial charge in [0.15, 0.2) is 0 Å². The molecule has 2 N–H and O–H groups in total. The first-order chi connectivity index (χ1) is 17.6. The van der Waals surface area contributed by atoms with E-state index in [1.54, 1.807) is 12.4 Å². The van der Waals surface area contributed by atoms with Crippen molar-refractivity contribution in [3.63, 3.8) is 0 Å². The lowest BCUT2D eigenvalue weighted by Gasteiger charge is -2.22. The van der Waals surface area contributed by atoms with Gasteiger partial charge in [-0.3, -0.25) is 4.79 Å². The van der Waals surface area contributed by atoms with Crippen molar-refractivity contribution in [2.24, 2.45) is 0 Å². The van der Waals surface area contributed by atoms with Crippen LogP contribution in [0.1, 0.15) is 40.2 Å². The van der Waals surface area contributed by atoms with Crippen LogP contribution in [0.2, 0.25) is 0 Å². The molecule has 0 bridgehead atoms. The third kappa shape index (κ3) is 9.48. The van der Waals surface area contributed by atoms with Gasteiger partial charge in [0, 0.05) is 36.7 Å². The summed E-state index contributed by atoms with van der Waals surface area (Å²) in [5.41, 5.74) is 3.41. The summed E-state index contributed by atoms with van der Waals surface area (Å²) in [6.45, 7) is 12.7. The predicted molar refractivity (Wildman–Crippen MR) is 148 cm³/mol. The fraction of sp³-hybridized carbons (Fsp3) is 0.414. The first-order valence-corrected chi connectivity index (χ1v) is 12.7. The van der Waals surface area contributed by atoms with Gasteiger partial charge in [-0.2, -0.15) is 0 Å². The monoisotopic (exact) mass is 505 g/mol. The molecule has 2 aromatic carbocycles. The zero-order chi connectivity index (χ0) is 26.8. The van der Waals surface area contributed by atoms with E-state index in [9.17, 15) is 4.79 Å². The third-order valence-corrected chi connectivity index (χ3v) is 5.70. The van der Waals surface area contributed by atoms with Crippen molar-refractivity contribution in [3.8, 4) is 16.9 Å². The molecule has 1 heterocycles. The molecule has 3 rings (SSSR count). The number of benzene rings is 2. The minimum absolute atomic E-state index is 0.255. The highest BCUT2D eigenvalue weighted by molar-refractivity contribution is 5.75. The zero-order valence-corrected chi connectivity index (χ0v) is 22.7. The van der Waals surface area contributed by atoms with Gasteiger partial charge in [-0.15, -0.1) is 0 Å². The number of likely N-dealkylation sites (N-methyl/N-ethyl adjacent to an activating group) is 1. The normalized spacial score (nSPS) is 12.3. The van der Waals surface area contributed by atoms with E-state index in [1.165, 1.54) is 0 Å². The van der Waals surface area contributed by atoms with Crippen molar-refractivity contribution in [2.45, 2.75) is 52.8 Å². The minimum Gasteiger partial charge on any atom is -0.492 e. The standard InChI is InChI=1S/C29H39N5O3/c1-7-34(6)16-17-36-26-14-12-25(13-15-26)33-28-31-19-24(20-32-28)23-10-8-22(9-11-23)18-30-21(2)27(35)37-29(3,4)5/h8-15,19-21,30H,7,16-18H2,1-6H3,(H,31,32,33)/t21-/m0/s1. The molecule has 1 atom stereocenters. The first kappa shape index (κ1) is 28.1. The number of rotatable bonds is 12. The van der Waals surface area contributed by atoms with Crippen molar-refractivity contribution in [3.05, 3.63) is 66.5 Å². The number of aromatic nitrogens is 2. The molecule has 0 spiro atoms. The number of hydrogen-bond acceptors (Lipinski definition) is 8. The maximum atomic E-state index is 12.1. The number of esters is 1. The van der Waals surface area contributed by atoms with Gasteiger partial charge in [0.05, 0.1) is 0 Å². The Bertz CT molecular complexity index is 1110. The largest absolute Gasteiger partial charge is 0.492 e. The topological polar surface area (TPSA) is 88.6 Å². The molecular weight excluding hydrogens is 466 g/mol. The fourth-order valence-electron chi connectivity index (χ4n) is 3.34. The van der Waals surface area contributed by atoms with Crippen LogP contribution in [0.15, 0.2) is 60.9 Å². The summed E-state index contributed by atoms with van der Waals surface area (Å²) in [6.07, 6.45) is 3.60. The van der Waals surface area contributed by atoms with Crippen LogP contribution in [0.3, 0.4) is 0 Å². The Kier molecular flexibility index (Phi) is 10.00. The lowest BCUT2D eigenvalue weighted by Crippen LogP contribution is -2.38. The Morgan fingerprint density at radius 1 is 1.00 bits per heavy atom. The van der Waals surface area contributed by atoms with Crippen molar-refractivity contribution < 1.29 is 14.3 Å². The van der Waals surface area contributed by atoms with Gasteiger partial charge in [0.1, 0.15) is 24.0 Å². The van der Waals surface area contributed by atoms with Crippen molar-refractivity contribution in [1.82, 2.24) is 20.2 Å². The highest BCUT2D eigenvalue weighted by atomic mass is 16.6. The Labute approximate surface area is 220 Å². The molecule has 0 aliphatic carbocycles. The Hall–Kier alpha value is -3.49. The Balaban J connectivity index is 1.49. The van der Waals surface area contributed by atoms with E-state index in [4.69, 9.17) is 9.47 Å². The predicted octanol–water partition coefficient (Wildman–Crippen LogP) is 5.04. The second-order valence-electron chi connectivity index (χ2n) is 10.0. The summed E-state index contributed by atoms with van der Waals surface area (Å²) in [5.74, 6) is 1.11. The van der Waals surface area contributed by atoms with Crippen LogP contribution in [0.5, 0.6) is 5.75 Å². The molecule has 3 aromatic rings. The average molecular weight is 506 g/mol. The summed E-state index contributed by atoms with van der Waals surface area (Å²) >= 11 is 0. The van der Waals surface area contributed by atoms with Gasteiger partial charge < -0.3 is 25.0 Å². The van der Waals surface area contributed by atoms with Crippen molar-refractivity contribution in [1.29, 1.82) is 0 Å². The van der Waals surface area contributed by atoms with E-state index in [-0.39, 0.29) is 12.0 Å². The summed E-state index contributed by atoms with van der Waals surface area (Å²) < 4.78 is 11.2. The van der Waals surface area contributed by atoms with Crippen molar-refractivity contribution in [2.75, 3.05) is 32.1 Å². The minimum atomic E-state index is -0.493. The molecule has 0 fully saturated rings. The molecule has 8 nitrogen and oxygen atoms in total. The highest BCUT2D eigenvalue weighted by Crippen LogP contribution is 2.21. The molecule has 0 radical (unpaired) electrons. The summed E-state index contributed by atoms with van der Waals surface area (Å²) in [7, 11) is 2.08. The number of nitrogens with one attached hydrogen (secondary N) is 2. The number of nitrogens with zero attached hydrogens (tertiary/aromatic N) is 3. The number of carbonyl (C=O) groups excluding carboxylic acids is 1. The number of carbonyl (C=O) groups is 1. The molecule has 0 aliphatic heterocycles. The molecule has 0 unspecified atom stereocenters. The number of hydrogen-bond donors (Lipinski definition) is 2. The fourth-order valence-corrected chi connectivity index (χ4v) is 3.34. The van der Waals surface area contributed by atoms with E-state index in [2.05, 4.69) is 39.5 Å². The molecule has 0 saturated carbocycles. The van der Waals surface area contributed by atoms with Gasteiger partial charge in [0.25, 0.3) is 0 Å². The summed E-state index contributed by atoms with van der Waals surface area (Å²) in [4.78, 5) is 23.3. The van der Waals surface area contributed by atoms with Gasteiger partial charge >= 0.3 is 5.97 Å². The lowest BCUT2D eigenvalue weighted by molar-refractivity contribution is -0.157. The second kappa shape index (κ2) is 13.2. The number of ether oxygens (including phenoxy) is 2. The van der Waals surface area contributed by atoms with Crippen LogP contribution < -0.4 is 15.4 Å². The van der Waals surface area contributed by atoms with Gasteiger partial charge in [0.2, 0.25) is 5.95 Å². The van der Waals surface area contributed by atoms with Crippen LogP contribution in [0, 0.1) is 0 Å². The SMILES string of the molecule is CCN(C)CCOc1ccc(Nc2ncc(-c3ccc(CN[C@@H](C)C(=O)OC(C)(C)C)cc3)cn2)cc1. The first-order valence-electron chi connectivity index (χ1n) is 12.7. The number of anilines is 2. The lowest BCUT2D eigenvalue weighted by atomic mass is 10.1. The van der Waals surface area contributed by atoms with E-state index in [1.807, 2.05) is 76.2 Å².